The number of phenols is 1. The fourth-order valence-electron chi connectivity index (χ4n) is 3.40. The Kier molecular flexibility index (Phi) is 7.82. The molecule has 0 saturated heterocycles. The van der Waals surface area contributed by atoms with Crippen LogP contribution in [-0.4, -0.2) is 28.9 Å². The van der Waals surface area contributed by atoms with E-state index < -0.39 is 23.8 Å². The second-order valence-electron chi connectivity index (χ2n) is 7.88. The molecule has 3 aromatic carbocycles. The summed E-state index contributed by atoms with van der Waals surface area (Å²) in [6, 6.07) is 24.3. The van der Waals surface area contributed by atoms with Crippen LogP contribution in [0.1, 0.15) is 26.5 Å². The van der Waals surface area contributed by atoms with Gasteiger partial charge in [0.1, 0.15) is 17.6 Å². The third-order valence-electron chi connectivity index (χ3n) is 5.29. The number of rotatable bonds is 7. The molecule has 0 saturated carbocycles. The SMILES string of the molecule is O=C(NNC(=O)[C@H](Cc1ccc(O)cc1)NC(=O)c1ccc(-c2ccccc2)o1)c1ccc(Br)cc1. The zero-order valence-electron chi connectivity index (χ0n) is 18.9. The van der Waals surface area contributed by atoms with E-state index in [1.54, 1.807) is 42.5 Å². The summed E-state index contributed by atoms with van der Waals surface area (Å²) < 4.78 is 6.51. The van der Waals surface area contributed by atoms with Gasteiger partial charge in [-0.05, 0) is 54.1 Å². The number of furan rings is 1. The summed E-state index contributed by atoms with van der Waals surface area (Å²) in [6.07, 6.45) is 0.109. The van der Waals surface area contributed by atoms with Gasteiger partial charge >= 0.3 is 0 Å². The fourth-order valence-corrected chi connectivity index (χ4v) is 3.67. The van der Waals surface area contributed by atoms with Crippen LogP contribution in [0.5, 0.6) is 5.75 Å². The van der Waals surface area contributed by atoms with Gasteiger partial charge in [-0.1, -0.05) is 58.4 Å². The molecule has 9 heteroatoms. The number of nitrogens with one attached hydrogen (secondary N) is 3. The first-order chi connectivity index (χ1) is 17.4. The van der Waals surface area contributed by atoms with Gasteiger partial charge in [0, 0.05) is 22.0 Å². The topological polar surface area (TPSA) is 121 Å². The number of carbonyl (C=O) groups is 3. The van der Waals surface area contributed by atoms with Crippen molar-refractivity contribution in [2.75, 3.05) is 0 Å². The van der Waals surface area contributed by atoms with E-state index in [-0.39, 0.29) is 17.9 Å². The maximum atomic E-state index is 13.0. The van der Waals surface area contributed by atoms with Crippen molar-refractivity contribution < 1.29 is 23.9 Å². The van der Waals surface area contributed by atoms with E-state index in [1.165, 1.54) is 18.2 Å². The summed E-state index contributed by atoms with van der Waals surface area (Å²) in [5, 5.41) is 12.2. The predicted octanol–water partition coefficient (Wildman–Crippen LogP) is 4.22. The second-order valence-corrected chi connectivity index (χ2v) is 8.79. The minimum absolute atomic E-state index is 0.0382. The average molecular weight is 548 g/mol. The first kappa shape index (κ1) is 24.7. The van der Waals surface area contributed by atoms with Crippen molar-refractivity contribution in [2.24, 2.45) is 0 Å². The highest BCUT2D eigenvalue weighted by atomic mass is 79.9. The Morgan fingerprint density at radius 2 is 1.50 bits per heavy atom. The third-order valence-corrected chi connectivity index (χ3v) is 5.82. The molecule has 1 atom stereocenters. The van der Waals surface area contributed by atoms with E-state index in [9.17, 15) is 19.5 Å². The number of carbonyl (C=O) groups excluding carboxylic acids is 3. The molecule has 182 valence electrons. The molecule has 4 aromatic rings. The van der Waals surface area contributed by atoms with E-state index in [1.807, 2.05) is 30.3 Å². The summed E-state index contributed by atoms with van der Waals surface area (Å²) in [4.78, 5) is 38.3. The number of phenolic OH excluding ortho intramolecular Hbond substituents is 1. The summed E-state index contributed by atoms with van der Waals surface area (Å²) in [5.74, 6) is -1.09. The molecule has 0 spiro atoms. The van der Waals surface area contributed by atoms with Crippen molar-refractivity contribution in [2.45, 2.75) is 12.5 Å². The molecule has 0 aliphatic rings. The van der Waals surface area contributed by atoms with Crippen molar-refractivity contribution in [3.63, 3.8) is 0 Å². The molecule has 0 aliphatic carbocycles. The molecule has 0 fully saturated rings. The first-order valence-electron chi connectivity index (χ1n) is 11.0. The van der Waals surface area contributed by atoms with Crippen LogP contribution in [0.2, 0.25) is 0 Å². The Balaban J connectivity index is 1.47. The van der Waals surface area contributed by atoms with Crippen LogP contribution in [-0.2, 0) is 11.2 Å². The van der Waals surface area contributed by atoms with Crippen molar-refractivity contribution in [3.05, 3.63) is 112 Å². The van der Waals surface area contributed by atoms with Gasteiger partial charge in [0.2, 0.25) is 0 Å². The van der Waals surface area contributed by atoms with Gasteiger partial charge in [0.15, 0.2) is 5.76 Å². The lowest BCUT2D eigenvalue weighted by molar-refractivity contribution is -0.123. The lowest BCUT2D eigenvalue weighted by Gasteiger charge is -2.18. The molecule has 4 N–H and O–H groups in total. The zero-order valence-corrected chi connectivity index (χ0v) is 20.5. The maximum Gasteiger partial charge on any atom is 0.287 e. The Bertz CT molecular complexity index is 1350. The van der Waals surface area contributed by atoms with E-state index in [0.717, 1.165) is 10.0 Å². The molecule has 3 amide bonds. The van der Waals surface area contributed by atoms with Gasteiger partial charge in [-0.3, -0.25) is 25.2 Å². The predicted molar refractivity (Wildman–Crippen MR) is 137 cm³/mol. The van der Waals surface area contributed by atoms with Gasteiger partial charge in [-0.25, -0.2) is 0 Å². The molecule has 0 radical (unpaired) electrons. The van der Waals surface area contributed by atoms with Crippen LogP contribution in [0, 0.1) is 0 Å². The van der Waals surface area contributed by atoms with Gasteiger partial charge in [0.05, 0.1) is 0 Å². The molecule has 36 heavy (non-hydrogen) atoms. The van der Waals surface area contributed by atoms with Crippen LogP contribution >= 0.6 is 15.9 Å². The molecular weight excluding hydrogens is 526 g/mol. The number of benzene rings is 3. The third kappa shape index (κ3) is 6.39. The quantitative estimate of drug-likeness (QED) is 0.258. The highest BCUT2D eigenvalue weighted by Crippen LogP contribution is 2.22. The number of aromatic hydroxyl groups is 1. The molecule has 0 bridgehead atoms. The monoisotopic (exact) mass is 547 g/mol. The van der Waals surface area contributed by atoms with Crippen LogP contribution in [0.25, 0.3) is 11.3 Å². The van der Waals surface area contributed by atoms with E-state index in [0.29, 0.717) is 16.9 Å². The Morgan fingerprint density at radius 1 is 0.806 bits per heavy atom. The molecule has 0 unspecified atom stereocenters. The summed E-state index contributed by atoms with van der Waals surface area (Å²) in [7, 11) is 0. The van der Waals surface area contributed by atoms with Crippen molar-refractivity contribution >= 4 is 33.7 Å². The summed E-state index contributed by atoms with van der Waals surface area (Å²) >= 11 is 3.30. The van der Waals surface area contributed by atoms with Crippen LogP contribution in [0.3, 0.4) is 0 Å². The lowest BCUT2D eigenvalue weighted by atomic mass is 10.0. The molecule has 8 nitrogen and oxygen atoms in total. The van der Waals surface area contributed by atoms with Crippen LogP contribution in [0.4, 0.5) is 0 Å². The lowest BCUT2D eigenvalue weighted by Crippen LogP contribution is -2.53. The average Bonchev–Trinajstić information content (AvgIpc) is 3.39. The largest absolute Gasteiger partial charge is 0.508 e. The highest BCUT2D eigenvalue weighted by Gasteiger charge is 2.24. The van der Waals surface area contributed by atoms with E-state index >= 15 is 0 Å². The van der Waals surface area contributed by atoms with Gasteiger partial charge in [0.25, 0.3) is 17.7 Å². The van der Waals surface area contributed by atoms with Gasteiger partial charge in [-0.2, -0.15) is 0 Å². The number of halogens is 1. The Morgan fingerprint density at radius 3 is 2.19 bits per heavy atom. The Labute approximate surface area is 215 Å². The van der Waals surface area contributed by atoms with E-state index in [2.05, 4.69) is 32.1 Å². The van der Waals surface area contributed by atoms with Crippen molar-refractivity contribution in [3.8, 4) is 17.1 Å². The van der Waals surface area contributed by atoms with E-state index in [4.69, 9.17) is 4.42 Å². The summed E-state index contributed by atoms with van der Waals surface area (Å²) in [5.41, 5.74) is 6.58. The smallest absolute Gasteiger partial charge is 0.287 e. The molecule has 4 rings (SSSR count). The maximum absolute atomic E-state index is 13.0. The Hall–Kier alpha value is -4.37. The second kappa shape index (κ2) is 11.4. The highest BCUT2D eigenvalue weighted by molar-refractivity contribution is 9.10. The van der Waals surface area contributed by atoms with Crippen LogP contribution < -0.4 is 16.2 Å². The number of hydrogen-bond donors (Lipinski definition) is 4. The number of hydrazine groups is 1. The van der Waals surface area contributed by atoms with Gasteiger partial charge in [-0.15, -0.1) is 0 Å². The molecule has 1 aromatic heterocycles. The number of hydrogen-bond acceptors (Lipinski definition) is 5. The number of amides is 3. The zero-order chi connectivity index (χ0) is 25.5. The minimum atomic E-state index is -1.04. The van der Waals surface area contributed by atoms with Crippen molar-refractivity contribution in [1.82, 2.24) is 16.2 Å². The normalized spacial score (nSPS) is 11.4. The van der Waals surface area contributed by atoms with Crippen LogP contribution in [0.15, 0.2) is 99.9 Å². The standard InChI is InChI=1S/C27H22BrN3O5/c28-20-10-8-19(9-11-20)25(33)30-31-26(34)22(16-17-6-12-21(32)13-7-17)29-27(35)24-15-14-23(36-24)18-4-2-1-3-5-18/h1-15,22,32H,16H2,(H,29,35)(H,30,33)(H,31,34)/t22-/m0/s1. The molecule has 1 heterocycles. The van der Waals surface area contributed by atoms with Gasteiger partial charge < -0.3 is 14.8 Å². The minimum Gasteiger partial charge on any atom is -0.508 e. The molecule has 0 aliphatic heterocycles. The molecular formula is C27H22BrN3O5. The van der Waals surface area contributed by atoms with Crippen molar-refractivity contribution in [1.29, 1.82) is 0 Å². The fraction of sp³-hybridized carbons (Fsp3) is 0.0741. The summed E-state index contributed by atoms with van der Waals surface area (Å²) in [6.45, 7) is 0. The first-order valence-corrected chi connectivity index (χ1v) is 11.8.